The number of anilines is 1. The lowest BCUT2D eigenvalue weighted by Crippen LogP contribution is -2.46. The molecule has 0 unspecified atom stereocenters. The number of benzene rings is 1. The Hall–Kier alpha value is -2.01. The van der Waals surface area contributed by atoms with Gasteiger partial charge in [0.2, 0.25) is 0 Å². The Morgan fingerprint density at radius 2 is 2.15 bits per heavy atom. The van der Waals surface area contributed by atoms with Crippen LogP contribution in [0, 0.1) is 0 Å². The van der Waals surface area contributed by atoms with Crippen molar-refractivity contribution >= 4 is 29.3 Å². The van der Waals surface area contributed by atoms with Gasteiger partial charge in [0.25, 0.3) is 0 Å². The SMILES string of the molecule is O=C(O)CN(C(=O)N1CC=CCC1)c1cccc(Cl)c1. The average Bonchev–Trinajstić information content (AvgIpc) is 2.45. The summed E-state index contributed by atoms with van der Waals surface area (Å²) in [7, 11) is 0. The van der Waals surface area contributed by atoms with E-state index in [-0.39, 0.29) is 12.6 Å². The summed E-state index contributed by atoms with van der Waals surface area (Å²) in [6.45, 7) is 0.695. The van der Waals surface area contributed by atoms with Crippen molar-refractivity contribution in [3.05, 3.63) is 41.4 Å². The highest BCUT2D eigenvalue weighted by Gasteiger charge is 2.24. The number of aliphatic carboxylic acids is 1. The molecule has 0 saturated heterocycles. The molecular formula is C14H15ClN2O3. The van der Waals surface area contributed by atoms with E-state index in [0.29, 0.717) is 23.8 Å². The summed E-state index contributed by atoms with van der Waals surface area (Å²) in [5.74, 6) is -1.06. The number of carboxylic acids is 1. The van der Waals surface area contributed by atoms with Gasteiger partial charge in [-0.25, -0.2) is 4.79 Å². The Balaban J connectivity index is 2.24. The van der Waals surface area contributed by atoms with Crippen LogP contribution in [0.3, 0.4) is 0 Å². The van der Waals surface area contributed by atoms with Gasteiger partial charge in [0.15, 0.2) is 0 Å². The smallest absolute Gasteiger partial charge is 0.325 e. The van der Waals surface area contributed by atoms with Crippen molar-refractivity contribution in [1.82, 2.24) is 4.90 Å². The fraction of sp³-hybridized carbons (Fsp3) is 0.286. The number of carboxylic acid groups (broad SMARTS) is 1. The van der Waals surface area contributed by atoms with E-state index >= 15 is 0 Å². The first kappa shape index (κ1) is 14.4. The molecule has 0 atom stereocenters. The number of carbonyl (C=O) groups is 2. The Labute approximate surface area is 122 Å². The molecule has 1 aliphatic heterocycles. The molecule has 0 spiro atoms. The van der Waals surface area contributed by atoms with Crippen LogP contribution in [0.15, 0.2) is 36.4 Å². The Morgan fingerprint density at radius 1 is 1.35 bits per heavy atom. The van der Waals surface area contributed by atoms with Gasteiger partial charge in [0.1, 0.15) is 6.54 Å². The van der Waals surface area contributed by atoms with Crippen molar-refractivity contribution in [2.24, 2.45) is 0 Å². The van der Waals surface area contributed by atoms with E-state index in [0.717, 1.165) is 6.42 Å². The summed E-state index contributed by atoms with van der Waals surface area (Å²) in [5.41, 5.74) is 0.486. The summed E-state index contributed by atoms with van der Waals surface area (Å²) < 4.78 is 0. The van der Waals surface area contributed by atoms with Crippen molar-refractivity contribution < 1.29 is 14.7 Å². The number of nitrogens with zero attached hydrogens (tertiary/aromatic N) is 2. The molecule has 106 valence electrons. The molecule has 0 bridgehead atoms. The highest BCUT2D eigenvalue weighted by molar-refractivity contribution is 6.30. The topological polar surface area (TPSA) is 60.9 Å². The van der Waals surface area contributed by atoms with Gasteiger partial charge in [-0.3, -0.25) is 9.69 Å². The molecular weight excluding hydrogens is 280 g/mol. The fourth-order valence-corrected chi connectivity index (χ4v) is 2.22. The lowest BCUT2D eigenvalue weighted by molar-refractivity contribution is -0.135. The predicted molar refractivity (Wildman–Crippen MR) is 77.2 cm³/mol. The first-order valence-electron chi connectivity index (χ1n) is 6.27. The van der Waals surface area contributed by atoms with Crippen LogP contribution < -0.4 is 4.90 Å². The Kier molecular flexibility index (Phi) is 4.63. The van der Waals surface area contributed by atoms with Crippen LogP contribution >= 0.6 is 11.6 Å². The summed E-state index contributed by atoms with van der Waals surface area (Å²) in [6, 6.07) is 6.31. The molecule has 1 N–H and O–H groups in total. The largest absolute Gasteiger partial charge is 0.480 e. The van der Waals surface area contributed by atoms with Crippen molar-refractivity contribution in [3.63, 3.8) is 0 Å². The van der Waals surface area contributed by atoms with Crippen molar-refractivity contribution in [1.29, 1.82) is 0 Å². The van der Waals surface area contributed by atoms with Crippen LogP contribution in [-0.2, 0) is 4.79 Å². The predicted octanol–water partition coefficient (Wildman–Crippen LogP) is 2.61. The minimum Gasteiger partial charge on any atom is -0.480 e. The number of hydrogen-bond acceptors (Lipinski definition) is 2. The van der Waals surface area contributed by atoms with Gasteiger partial charge in [-0.2, -0.15) is 0 Å². The monoisotopic (exact) mass is 294 g/mol. The van der Waals surface area contributed by atoms with Gasteiger partial charge in [-0.15, -0.1) is 0 Å². The highest BCUT2D eigenvalue weighted by Crippen LogP contribution is 2.21. The standard InChI is InChI=1S/C14H15ClN2O3/c15-11-5-4-6-12(9-11)17(10-13(18)19)14(20)16-7-2-1-3-8-16/h1-2,4-6,9H,3,7-8,10H2,(H,18,19). The fourth-order valence-electron chi connectivity index (χ4n) is 2.03. The molecule has 1 aliphatic rings. The molecule has 1 heterocycles. The molecule has 0 radical (unpaired) electrons. The highest BCUT2D eigenvalue weighted by atomic mass is 35.5. The number of urea groups is 1. The van der Waals surface area contributed by atoms with Crippen molar-refractivity contribution in [3.8, 4) is 0 Å². The number of carbonyl (C=O) groups excluding carboxylic acids is 1. The first-order chi connectivity index (χ1) is 9.58. The second-order valence-electron chi connectivity index (χ2n) is 4.45. The summed E-state index contributed by atoms with van der Waals surface area (Å²) in [5, 5.41) is 9.46. The zero-order chi connectivity index (χ0) is 14.5. The maximum atomic E-state index is 12.5. The molecule has 0 aliphatic carbocycles. The minimum absolute atomic E-state index is 0.320. The van der Waals surface area contributed by atoms with Crippen molar-refractivity contribution in [2.75, 3.05) is 24.5 Å². The Bertz CT molecular complexity index is 545. The van der Waals surface area contributed by atoms with Gasteiger partial charge in [0.05, 0.1) is 0 Å². The first-order valence-corrected chi connectivity index (χ1v) is 6.64. The number of amides is 2. The second kappa shape index (κ2) is 6.43. The molecule has 6 heteroatoms. The Morgan fingerprint density at radius 3 is 2.75 bits per heavy atom. The lowest BCUT2D eigenvalue weighted by atomic mass is 10.2. The van der Waals surface area contributed by atoms with E-state index in [1.54, 1.807) is 29.2 Å². The molecule has 0 fully saturated rings. The quantitative estimate of drug-likeness (QED) is 0.872. The zero-order valence-corrected chi connectivity index (χ0v) is 11.6. The molecule has 2 amide bonds. The van der Waals surface area contributed by atoms with Gasteiger partial charge < -0.3 is 10.0 Å². The molecule has 20 heavy (non-hydrogen) atoms. The minimum atomic E-state index is -1.06. The normalized spacial score (nSPS) is 14.2. The third kappa shape index (κ3) is 3.51. The summed E-state index contributed by atoms with van der Waals surface area (Å²) >= 11 is 5.91. The molecule has 1 aromatic rings. The molecule has 5 nitrogen and oxygen atoms in total. The van der Waals surface area contributed by atoms with Crippen LogP contribution in [-0.4, -0.2) is 41.6 Å². The van der Waals surface area contributed by atoms with E-state index in [2.05, 4.69) is 0 Å². The number of halogens is 1. The van der Waals surface area contributed by atoms with E-state index in [1.165, 1.54) is 4.90 Å². The van der Waals surface area contributed by atoms with E-state index in [9.17, 15) is 9.59 Å². The zero-order valence-electron chi connectivity index (χ0n) is 10.8. The lowest BCUT2D eigenvalue weighted by Gasteiger charge is -2.30. The van der Waals surface area contributed by atoms with Crippen LogP contribution in [0.1, 0.15) is 6.42 Å². The molecule has 0 saturated carbocycles. The van der Waals surface area contributed by atoms with Gasteiger partial charge in [-0.05, 0) is 24.6 Å². The van der Waals surface area contributed by atoms with E-state index in [1.807, 2.05) is 12.2 Å². The summed E-state index contributed by atoms with van der Waals surface area (Å²) in [4.78, 5) is 26.3. The van der Waals surface area contributed by atoms with Crippen LogP contribution in [0.2, 0.25) is 5.02 Å². The summed E-state index contributed by atoms with van der Waals surface area (Å²) in [6.07, 6.45) is 4.69. The van der Waals surface area contributed by atoms with E-state index in [4.69, 9.17) is 16.7 Å². The van der Waals surface area contributed by atoms with Gasteiger partial charge in [0, 0.05) is 23.8 Å². The van der Waals surface area contributed by atoms with E-state index < -0.39 is 5.97 Å². The van der Waals surface area contributed by atoms with Crippen LogP contribution in [0.25, 0.3) is 0 Å². The second-order valence-corrected chi connectivity index (χ2v) is 4.88. The third-order valence-electron chi connectivity index (χ3n) is 2.97. The van der Waals surface area contributed by atoms with Crippen LogP contribution in [0.5, 0.6) is 0 Å². The number of hydrogen-bond donors (Lipinski definition) is 1. The van der Waals surface area contributed by atoms with Gasteiger partial charge in [-0.1, -0.05) is 29.8 Å². The van der Waals surface area contributed by atoms with Crippen molar-refractivity contribution in [2.45, 2.75) is 6.42 Å². The number of rotatable bonds is 3. The van der Waals surface area contributed by atoms with Crippen LogP contribution in [0.4, 0.5) is 10.5 Å². The average molecular weight is 295 g/mol. The molecule has 2 rings (SSSR count). The maximum Gasteiger partial charge on any atom is 0.325 e. The molecule has 1 aromatic carbocycles. The third-order valence-corrected chi connectivity index (χ3v) is 3.21. The maximum absolute atomic E-state index is 12.5. The molecule has 0 aromatic heterocycles. The van der Waals surface area contributed by atoms with Gasteiger partial charge >= 0.3 is 12.0 Å².